The Morgan fingerprint density at radius 1 is 0.302 bits per heavy atom. The highest BCUT2D eigenvalue weighted by atomic mass is 16.3. The van der Waals surface area contributed by atoms with Crippen molar-refractivity contribution in [3.8, 4) is 67.5 Å². The maximum absolute atomic E-state index is 6.45. The molecule has 2 aromatic heterocycles. The summed E-state index contributed by atoms with van der Waals surface area (Å²) in [5.74, 6) is 1.83. The first-order valence-electron chi connectivity index (χ1n) is 17.8. The normalized spacial score (nSPS) is 11.4. The first-order chi connectivity index (χ1) is 26.2. The van der Waals surface area contributed by atoms with E-state index in [1.165, 1.54) is 21.9 Å². The Morgan fingerprint density at radius 3 is 1.47 bits per heavy atom. The number of furan rings is 1. The van der Waals surface area contributed by atoms with Gasteiger partial charge in [0.15, 0.2) is 17.5 Å². The molecule has 0 aliphatic heterocycles. The van der Waals surface area contributed by atoms with Gasteiger partial charge >= 0.3 is 0 Å². The van der Waals surface area contributed by atoms with Crippen LogP contribution in [0.5, 0.6) is 0 Å². The maximum atomic E-state index is 6.45. The molecule has 0 fully saturated rings. The first kappa shape index (κ1) is 30.6. The summed E-state index contributed by atoms with van der Waals surface area (Å²) in [6.45, 7) is 0. The van der Waals surface area contributed by atoms with E-state index >= 15 is 0 Å². The summed E-state index contributed by atoms with van der Waals surface area (Å²) in [6.07, 6.45) is 0. The summed E-state index contributed by atoms with van der Waals surface area (Å²) in [7, 11) is 0. The minimum Gasteiger partial charge on any atom is -0.456 e. The molecule has 0 spiro atoms. The van der Waals surface area contributed by atoms with Crippen molar-refractivity contribution in [1.82, 2.24) is 15.0 Å². The van der Waals surface area contributed by atoms with Crippen molar-refractivity contribution in [2.45, 2.75) is 0 Å². The van der Waals surface area contributed by atoms with E-state index in [1.54, 1.807) is 0 Å². The third-order valence-corrected chi connectivity index (χ3v) is 9.91. The Bertz CT molecular complexity index is 2940. The summed E-state index contributed by atoms with van der Waals surface area (Å²) < 4.78 is 6.45. The highest BCUT2D eigenvalue weighted by molar-refractivity contribution is 6.13. The zero-order chi connectivity index (χ0) is 35.1. The molecular formula is C49H31N3O. The van der Waals surface area contributed by atoms with Crippen LogP contribution in [0, 0.1) is 0 Å². The Kier molecular flexibility index (Phi) is 7.43. The van der Waals surface area contributed by atoms with Crippen molar-refractivity contribution in [3.05, 3.63) is 188 Å². The molecule has 0 saturated carbocycles. The standard InChI is InChI=1S/C49H31N3O/c1-4-12-32(13-5-1)35-18-10-19-41(30-35)48-50-47(34-16-8-3-9-17-34)51-49(52-48)42-20-11-21-45-46(42)43-31-40(26-27-44(43)53-45)39-25-24-37-28-36(22-23-38(37)29-39)33-14-6-2-7-15-33/h1-31H. The lowest BCUT2D eigenvalue weighted by atomic mass is 9.96. The molecule has 4 heteroatoms. The molecular weight excluding hydrogens is 647 g/mol. The smallest absolute Gasteiger partial charge is 0.164 e. The molecule has 0 saturated heterocycles. The van der Waals surface area contributed by atoms with Crippen LogP contribution in [0.15, 0.2) is 192 Å². The summed E-state index contributed by atoms with van der Waals surface area (Å²) in [5.41, 5.74) is 11.3. The van der Waals surface area contributed by atoms with E-state index in [4.69, 9.17) is 19.4 Å². The van der Waals surface area contributed by atoms with E-state index in [9.17, 15) is 0 Å². The Morgan fingerprint density at radius 2 is 0.792 bits per heavy atom. The van der Waals surface area contributed by atoms with Gasteiger partial charge in [-0.15, -0.1) is 0 Å². The van der Waals surface area contributed by atoms with Gasteiger partial charge in [-0.3, -0.25) is 0 Å². The van der Waals surface area contributed by atoms with Crippen molar-refractivity contribution >= 4 is 32.7 Å². The van der Waals surface area contributed by atoms with E-state index in [1.807, 2.05) is 48.5 Å². The van der Waals surface area contributed by atoms with Crippen LogP contribution in [0.1, 0.15) is 0 Å². The van der Waals surface area contributed by atoms with E-state index in [0.29, 0.717) is 17.5 Å². The van der Waals surface area contributed by atoms with Crippen molar-refractivity contribution in [3.63, 3.8) is 0 Å². The minimum absolute atomic E-state index is 0.595. The second kappa shape index (κ2) is 12.9. The monoisotopic (exact) mass is 677 g/mol. The van der Waals surface area contributed by atoms with Gasteiger partial charge in [-0.1, -0.05) is 152 Å². The predicted molar refractivity (Wildman–Crippen MR) is 217 cm³/mol. The van der Waals surface area contributed by atoms with E-state index in [2.05, 4.69) is 140 Å². The van der Waals surface area contributed by atoms with Crippen molar-refractivity contribution in [1.29, 1.82) is 0 Å². The zero-order valence-electron chi connectivity index (χ0n) is 28.6. The van der Waals surface area contributed by atoms with Gasteiger partial charge in [0.05, 0.1) is 0 Å². The van der Waals surface area contributed by atoms with Gasteiger partial charge in [-0.05, 0) is 80.6 Å². The number of hydrogen-bond donors (Lipinski definition) is 0. The number of hydrogen-bond acceptors (Lipinski definition) is 4. The van der Waals surface area contributed by atoms with E-state index < -0.39 is 0 Å². The lowest BCUT2D eigenvalue weighted by Crippen LogP contribution is -2.00. The van der Waals surface area contributed by atoms with Gasteiger partial charge < -0.3 is 4.42 Å². The largest absolute Gasteiger partial charge is 0.456 e. The summed E-state index contributed by atoms with van der Waals surface area (Å²) in [5, 5.41) is 4.40. The fourth-order valence-corrected chi connectivity index (χ4v) is 7.24. The molecule has 8 aromatic carbocycles. The molecule has 0 aliphatic rings. The fourth-order valence-electron chi connectivity index (χ4n) is 7.24. The molecule has 0 atom stereocenters. The van der Waals surface area contributed by atoms with Gasteiger partial charge in [-0.2, -0.15) is 0 Å². The molecule has 0 radical (unpaired) electrons. The van der Waals surface area contributed by atoms with Crippen LogP contribution in [0.4, 0.5) is 0 Å². The summed E-state index contributed by atoms with van der Waals surface area (Å²) in [4.78, 5) is 15.3. The lowest BCUT2D eigenvalue weighted by molar-refractivity contribution is 0.669. The third kappa shape index (κ3) is 5.73. The number of benzene rings is 8. The van der Waals surface area contributed by atoms with E-state index in [0.717, 1.165) is 60.9 Å². The zero-order valence-corrected chi connectivity index (χ0v) is 28.6. The highest BCUT2D eigenvalue weighted by Gasteiger charge is 2.19. The van der Waals surface area contributed by atoms with Crippen molar-refractivity contribution < 1.29 is 4.42 Å². The Hall–Kier alpha value is -7.17. The maximum Gasteiger partial charge on any atom is 0.164 e. The predicted octanol–water partition coefficient (Wildman–Crippen LogP) is 12.9. The number of rotatable bonds is 6. The number of aromatic nitrogens is 3. The van der Waals surface area contributed by atoms with Crippen molar-refractivity contribution in [2.75, 3.05) is 0 Å². The van der Waals surface area contributed by atoms with Gasteiger partial charge in [0.25, 0.3) is 0 Å². The van der Waals surface area contributed by atoms with Crippen LogP contribution < -0.4 is 0 Å². The molecule has 10 rings (SSSR count). The van der Waals surface area contributed by atoms with Crippen LogP contribution in [-0.4, -0.2) is 15.0 Å². The quantitative estimate of drug-likeness (QED) is 0.176. The van der Waals surface area contributed by atoms with Crippen LogP contribution >= 0.6 is 0 Å². The summed E-state index contributed by atoms with van der Waals surface area (Å²) in [6, 6.07) is 65.3. The minimum atomic E-state index is 0.595. The molecule has 0 bridgehead atoms. The van der Waals surface area contributed by atoms with Crippen LogP contribution in [-0.2, 0) is 0 Å². The molecule has 4 nitrogen and oxygen atoms in total. The van der Waals surface area contributed by atoms with Crippen LogP contribution in [0.3, 0.4) is 0 Å². The molecule has 0 amide bonds. The fraction of sp³-hybridized carbons (Fsp3) is 0. The van der Waals surface area contributed by atoms with Gasteiger partial charge in [0.1, 0.15) is 11.2 Å². The summed E-state index contributed by atoms with van der Waals surface area (Å²) >= 11 is 0. The van der Waals surface area contributed by atoms with Gasteiger partial charge in [0.2, 0.25) is 0 Å². The second-order valence-corrected chi connectivity index (χ2v) is 13.3. The molecule has 2 heterocycles. The Labute approximate surface area is 306 Å². The molecule has 10 aromatic rings. The number of fused-ring (bicyclic) bond motifs is 4. The first-order valence-corrected chi connectivity index (χ1v) is 17.8. The van der Waals surface area contributed by atoms with E-state index in [-0.39, 0.29) is 0 Å². The highest BCUT2D eigenvalue weighted by Crippen LogP contribution is 2.39. The van der Waals surface area contributed by atoms with Gasteiger partial charge in [0, 0.05) is 27.5 Å². The van der Waals surface area contributed by atoms with Crippen LogP contribution in [0.2, 0.25) is 0 Å². The number of nitrogens with zero attached hydrogens (tertiary/aromatic N) is 3. The molecule has 0 unspecified atom stereocenters. The SMILES string of the molecule is c1ccc(-c2cccc(-c3nc(-c4ccccc4)nc(-c4cccc5oc6ccc(-c7ccc8cc(-c9ccccc9)ccc8c7)cc6c45)n3)c2)cc1. The average molecular weight is 678 g/mol. The average Bonchev–Trinajstić information content (AvgIpc) is 3.62. The second-order valence-electron chi connectivity index (χ2n) is 13.3. The molecule has 0 aliphatic carbocycles. The molecule has 0 N–H and O–H groups in total. The lowest BCUT2D eigenvalue weighted by Gasteiger charge is -2.10. The van der Waals surface area contributed by atoms with Crippen molar-refractivity contribution in [2.24, 2.45) is 0 Å². The Balaban J connectivity index is 1.11. The third-order valence-electron chi connectivity index (χ3n) is 9.91. The topological polar surface area (TPSA) is 51.8 Å². The van der Waals surface area contributed by atoms with Gasteiger partial charge in [-0.25, -0.2) is 15.0 Å². The molecule has 53 heavy (non-hydrogen) atoms. The molecule has 248 valence electrons. The van der Waals surface area contributed by atoms with Crippen LogP contribution in [0.25, 0.3) is 100 Å².